The molecule has 2 aliphatic rings. The summed E-state index contributed by atoms with van der Waals surface area (Å²) in [5.41, 5.74) is 4.23. The number of hydrogen-bond acceptors (Lipinski definition) is 3. The van der Waals surface area contributed by atoms with Crippen LogP contribution in [0.4, 0.5) is 5.69 Å². The lowest BCUT2D eigenvalue weighted by atomic mass is 10.1. The maximum Gasteiger partial charge on any atom is 0.0369 e. The van der Waals surface area contributed by atoms with Gasteiger partial charge in [0.25, 0.3) is 0 Å². The first-order valence-electron chi connectivity index (χ1n) is 8.01. The van der Waals surface area contributed by atoms with Crippen LogP contribution in [0.3, 0.4) is 0 Å². The minimum absolute atomic E-state index is 0.787. The third-order valence-electron chi connectivity index (χ3n) is 4.86. The summed E-state index contributed by atoms with van der Waals surface area (Å²) in [4.78, 5) is 5.30. The second-order valence-corrected chi connectivity index (χ2v) is 6.27. The minimum atomic E-state index is 0.787. The van der Waals surface area contributed by atoms with Gasteiger partial charge in [0.15, 0.2) is 0 Å². The molecule has 0 aliphatic carbocycles. The summed E-state index contributed by atoms with van der Waals surface area (Å²) in [6.07, 6.45) is 4.07. The van der Waals surface area contributed by atoms with Crippen LogP contribution in [-0.2, 0) is 6.54 Å². The van der Waals surface area contributed by atoms with Crippen molar-refractivity contribution in [2.24, 2.45) is 0 Å². The predicted octanol–water partition coefficient (Wildman–Crippen LogP) is 2.39. The van der Waals surface area contributed by atoms with Gasteiger partial charge < -0.3 is 10.2 Å². The number of hydrogen-bond donors (Lipinski definition) is 1. The molecule has 2 aliphatic heterocycles. The first-order valence-corrected chi connectivity index (χ1v) is 8.01. The fraction of sp³-hybridized carbons (Fsp3) is 0.647. The van der Waals surface area contributed by atoms with E-state index in [1.807, 2.05) is 7.05 Å². The van der Waals surface area contributed by atoms with Crippen molar-refractivity contribution in [3.63, 3.8) is 0 Å². The molecule has 0 aromatic heterocycles. The normalized spacial score (nSPS) is 23.7. The summed E-state index contributed by atoms with van der Waals surface area (Å²) in [7, 11) is 2.01. The summed E-state index contributed by atoms with van der Waals surface area (Å²) < 4.78 is 0. The second kappa shape index (κ2) is 6.15. The molecular formula is C17H27N3. The molecule has 3 rings (SSSR count). The Hall–Kier alpha value is -1.06. The summed E-state index contributed by atoms with van der Waals surface area (Å²) in [6.45, 7) is 8.22. The van der Waals surface area contributed by atoms with Gasteiger partial charge in [0.1, 0.15) is 0 Å². The quantitative estimate of drug-likeness (QED) is 0.912. The molecule has 1 unspecified atom stereocenters. The lowest BCUT2D eigenvalue weighted by molar-refractivity contribution is 0.273. The Morgan fingerprint density at radius 3 is 2.85 bits per heavy atom. The van der Waals surface area contributed by atoms with Gasteiger partial charge in [-0.3, -0.25) is 4.90 Å². The molecule has 110 valence electrons. The lowest BCUT2D eigenvalue weighted by Crippen LogP contribution is -2.36. The Morgan fingerprint density at radius 1 is 1.20 bits per heavy atom. The number of rotatable bonds is 3. The van der Waals surface area contributed by atoms with Gasteiger partial charge in [-0.1, -0.05) is 6.07 Å². The number of anilines is 1. The van der Waals surface area contributed by atoms with Gasteiger partial charge in [0.2, 0.25) is 0 Å². The third-order valence-corrected chi connectivity index (χ3v) is 4.86. The van der Waals surface area contributed by atoms with E-state index in [2.05, 4.69) is 40.2 Å². The van der Waals surface area contributed by atoms with Crippen LogP contribution >= 0.6 is 0 Å². The Balaban J connectivity index is 1.76. The zero-order chi connectivity index (χ0) is 13.9. The maximum atomic E-state index is 3.24. The van der Waals surface area contributed by atoms with Crippen LogP contribution in [0.2, 0.25) is 0 Å². The van der Waals surface area contributed by atoms with Crippen LogP contribution in [0.5, 0.6) is 0 Å². The van der Waals surface area contributed by atoms with E-state index in [1.54, 1.807) is 0 Å². The molecule has 3 nitrogen and oxygen atoms in total. The molecule has 2 heterocycles. The molecule has 0 radical (unpaired) electrons. The highest BCUT2D eigenvalue weighted by Crippen LogP contribution is 2.26. The summed E-state index contributed by atoms with van der Waals surface area (Å²) >= 11 is 0. The molecule has 0 bridgehead atoms. The van der Waals surface area contributed by atoms with Gasteiger partial charge in [0, 0.05) is 37.9 Å². The molecule has 0 amide bonds. The van der Waals surface area contributed by atoms with Crippen LogP contribution in [0.25, 0.3) is 0 Å². The van der Waals surface area contributed by atoms with Crippen molar-refractivity contribution in [1.82, 2.24) is 10.2 Å². The number of nitrogens with zero attached hydrogens (tertiary/aromatic N) is 2. The summed E-state index contributed by atoms with van der Waals surface area (Å²) in [5.74, 6) is 0. The van der Waals surface area contributed by atoms with Crippen LogP contribution in [-0.4, -0.2) is 44.2 Å². The first-order chi connectivity index (χ1) is 9.78. The van der Waals surface area contributed by atoms with Crippen molar-refractivity contribution < 1.29 is 0 Å². The number of fused-ring (bicyclic) bond motifs is 1. The Labute approximate surface area is 123 Å². The SMILES string of the molecule is CNCc1ccc(N2CCCN3CCCC3C2)cc1C. The van der Waals surface area contributed by atoms with Gasteiger partial charge >= 0.3 is 0 Å². The van der Waals surface area contributed by atoms with E-state index in [1.165, 1.54) is 62.3 Å². The smallest absolute Gasteiger partial charge is 0.0369 e. The van der Waals surface area contributed by atoms with Gasteiger partial charge in [-0.05, 0) is 63.0 Å². The van der Waals surface area contributed by atoms with E-state index in [0.717, 1.165) is 12.6 Å². The number of nitrogens with one attached hydrogen (secondary N) is 1. The van der Waals surface area contributed by atoms with Crippen LogP contribution in [0.15, 0.2) is 18.2 Å². The van der Waals surface area contributed by atoms with E-state index in [0.29, 0.717) is 0 Å². The maximum absolute atomic E-state index is 3.24. The minimum Gasteiger partial charge on any atom is -0.370 e. The average molecular weight is 273 g/mol. The molecule has 2 saturated heterocycles. The third kappa shape index (κ3) is 2.84. The van der Waals surface area contributed by atoms with Gasteiger partial charge in [0.05, 0.1) is 0 Å². The van der Waals surface area contributed by atoms with E-state index in [4.69, 9.17) is 0 Å². The number of benzene rings is 1. The van der Waals surface area contributed by atoms with Crippen molar-refractivity contribution in [2.45, 2.75) is 38.8 Å². The molecule has 2 fully saturated rings. The first kappa shape index (κ1) is 13.9. The topological polar surface area (TPSA) is 18.5 Å². The van der Waals surface area contributed by atoms with E-state index in [9.17, 15) is 0 Å². The van der Waals surface area contributed by atoms with Crippen molar-refractivity contribution in [3.8, 4) is 0 Å². The van der Waals surface area contributed by atoms with Crippen molar-refractivity contribution >= 4 is 5.69 Å². The largest absolute Gasteiger partial charge is 0.370 e. The van der Waals surface area contributed by atoms with Gasteiger partial charge in [-0.15, -0.1) is 0 Å². The van der Waals surface area contributed by atoms with Crippen molar-refractivity contribution in [1.29, 1.82) is 0 Å². The highest BCUT2D eigenvalue weighted by atomic mass is 15.3. The Bertz CT molecular complexity index is 458. The molecule has 20 heavy (non-hydrogen) atoms. The molecule has 1 aromatic rings. The van der Waals surface area contributed by atoms with E-state index < -0.39 is 0 Å². The monoisotopic (exact) mass is 273 g/mol. The van der Waals surface area contributed by atoms with E-state index >= 15 is 0 Å². The van der Waals surface area contributed by atoms with E-state index in [-0.39, 0.29) is 0 Å². The lowest BCUT2D eigenvalue weighted by Gasteiger charge is -2.28. The van der Waals surface area contributed by atoms with Gasteiger partial charge in [-0.25, -0.2) is 0 Å². The second-order valence-electron chi connectivity index (χ2n) is 6.27. The molecule has 0 saturated carbocycles. The summed E-state index contributed by atoms with van der Waals surface area (Å²) in [5, 5.41) is 3.24. The molecule has 1 atom stereocenters. The molecule has 1 aromatic carbocycles. The molecule has 3 heteroatoms. The molecule has 1 N–H and O–H groups in total. The van der Waals surface area contributed by atoms with Crippen LogP contribution < -0.4 is 10.2 Å². The summed E-state index contributed by atoms with van der Waals surface area (Å²) in [6, 6.07) is 7.76. The van der Waals surface area contributed by atoms with Crippen LogP contribution in [0.1, 0.15) is 30.4 Å². The standard InChI is InChI=1S/C17H27N3/c1-14-11-16(7-6-15(14)12-18-2)20-10-4-9-19-8-3-5-17(19)13-20/h6-7,11,17-18H,3-5,8-10,12-13H2,1-2H3. The zero-order valence-electron chi connectivity index (χ0n) is 12.9. The predicted molar refractivity (Wildman–Crippen MR) is 85.4 cm³/mol. The molecule has 0 spiro atoms. The fourth-order valence-electron chi connectivity index (χ4n) is 3.71. The zero-order valence-corrected chi connectivity index (χ0v) is 12.9. The van der Waals surface area contributed by atoms with Crippen molar-refractivity contribution in [3.05, 3.63) is 29.3 Å². The average Bonchev–Trinajstić information content (AvgIpc) is 2.78. The van der Waals surface area contributed by atoms with Crippen molar-refractivity contribution in [2.75, 3.05) is 38.1 Å². The Morgan fingerprint density at radius 2 is 2.05 bits per heavy atom. The number of aryl methyl sites for hydroxylation is 1. The molecular weight excluding hydrogens is 246 g/mol. The fourth-order valence-corrected chi connectivity index (χ4v) is 3.71. The highest BCUT2D eigenvalue weighted by molar-refractivity contribution is 5.51. The Kier molecular flexibility index (Phi) is 4.27. The van der Waals surface area contributed by atoms with Gasteiger partial charge in [-0.2, -0.15) is 0 Å². The highest BCUT2D eigenvalue weighted by Gasteiger charge is 2.28. The van der Waals surface area contributed by atoms with Crippen LogP contribution in [0, 0.1) is 6.92 Å².